The average Bonchev–Trinajstić information content (AvgIpc) is 3.28. The molecule has 3 heterocycles. The number of thiazole rings is 1. The minimum absolute atomic E-state index is 0.256. The summed E-state index contributed by atoms with van der Waals surface area (Å²) in [6.07, 6.45) is 2.17. The molecule has 0 N–H and O–H groups in total. The molecule has 5 rings (SSSR count). The monoisotopic (exact) mass is 435 g/mol. The van der Waals surface area contributed by atoms with Crippen LogP contribution in [0.5, 0.6) is 0 Å². The highest BCUT2D eigenvalue weighted by atomic mass is 32.2. The van der Waals surface area contributed by atoms with Gasteiger partial charge in [-0.15, -0.1) is 11.3 Å². The number of hydrogen-bond acceptors (Lipinski definition) is 7. The number of rotatable bonds is 5. The van der Waals surface area contributed by atoms with Crippen molar-refractivity contribution in [1.29, 1.82) is 0 Å². The largest absolute Gasteiger partial charge is 0.350 e. The Kier molecular flexibility index (Phi) is 4.77. The van der Waals surface area contributed by atoms with Gasteiger partial charge in [-0.2, -0.15) is 0 Å². The third-order valence-corrected chi connectivity index (χ3v) is 7.38. The van der Waals surface area contributed by atoms with Gasteiger partial charge in [0.2, 0.25) is 4.93 Å². The minimum Gasteiger partial charge on any atom is -0.350 e. The van der Waals surface area contributed by atoms with Crippen LogP contribution in [0.2, 0.25) is 0 Å². The van der Waals surface area contributed by atoms with Crippen molar-refractivity contribution in [1.82, 2.24) is 14.9 Å². The maximum Gasteiger partial charge on any atom is 0.291 e. The highest BCUT2D eigenvalue weighted by Gasteiger charge is 2.54. The predicted molar refractivity (Wildman–Crippen MR) is 118 cm³/mol. The molecule has 30 heavy (non-hydrogen) atoms. The van der Waals surface area contributed by atoms with Gasteiger partial charge in [0.25, 0.3) is 11.1 Å². The maximum atomic E-state index is 13.1. The van der Waals surface area contributed by atoms with Gasteiger partial charge in [0.15, 0.2) is 0 Å². The molecule has 1 aliphatic rings. The number of imide groups is 1. The summed E-state index contributed by atoms with van der Waals surface area (Å²) in [5.74, 6) is -0.390. The summed E-state index contributed by atoms with van der Waals surface area (Å²) >= 11 is 2.49. The lowest BCUT2D eigenvalue weighted by molar-refractivity contribution is -0.142. The van der Waals surface area contributed by atoms with Gasteiger partial charge < -0.3 is 4.74 Å². The molecule has 1 saturated heterocycles. The van der Waals surface area contributed by atoms with E-state index in [9.17, 15) is 9.59 Å². The van der Waals surface area contributed by atoms with Crippen LogP contribution in [-0.2, 0) is 20.9 Å². The zero-order valence-electron chi connectivity index (χ0n) is 16.1. The topological polar surface area (TPSA) is 72.4 Å². The smallest absolute Gasteiger partial charge is 0.291 e. The first-order valence-corrected chi connectivity index (χ1v) is 11.0. The number of carbonyl (C=O) groups excluding carboxylic acids is 2. The van der Waals surface area contributed by atoms with Crippen molar-refractivity contribution in [2.24, 2.45) is 0 Å². The van der Waals surface area contributed by atoms with E-state index in [1.165, 1.54) is 7.05 Å². The van der Waals surface area contributed by atoms with E-state index in [1.807, 2.05) is 54.6 Å². The fourth-order valence-electron chi connectivity index (χ4n) is 3.46. The Morgan fingerprint density at radius 1 is 1.07 bits per heavy atom. The van der Waals surface area contributed by atoms with Crippen LogP contribution in [0, 0.1) is 0 Å². The molecule has 2 amide bonds. The van der Waals surface area contributed by atoms with E-state index in [4.69, 9.17) is 4.74 Å². The molecule has 0 radical (unpaired) electrons. The number of pyridine rings is 1. The van der Waals surface area contributed by atoms with Gasteiger partial charge in [-0.25, -0.2) is 4.98 Å². The van der Waals surface area contributed by atoms with Crippen molar-refractivity contribution in [2.75, 3.05) is 13.7 Å². The minimum atomic E-state index is -1.43. The van der Waals surface area contributed by atoms with Crippen LogP contribution in [-0.4, -0.2) is 39.7 Å². The summed E-state index contributed by atoms with van der Waals surface area (Å²) in [5.41, 5.74) is 2.34. The summed E-state index contributed by atoms with van der Waals surface area (Å²) in [5, 5.41) is 1.48. The highest BCUT2D eigenvalue weighted by Crippen LogP contribution is 2.46. The van der Waals surface area contributed by atoms with Crippen LogP contribution in [0.1, 0.15) is 10.6 Å². The molecule has 1 fully saturated rings. The van der Waals surface area contributed by atoms with Crippen LogP contribution >= 0.6 is 23.1 Å². The van der Waals surface area contributed by atoms with E-state index >= 15 is 0 Å². The Bertz CT molecular complexity index is 1260. The summed E-state index contributed by atoms with van der Waals surface area (Å²) in [6.45, 7) is 0.256. The molecule has 1 unspecified atom stereocenters. The Labute approximate surface area is 180 Å². The van der Waals surface area contributed by atoms with Crippen molar-refractivity contribution >= 4 is 55.4 Å². The average molecular weight is 436 g/mol. The van der Waals surface area contributed by atoms with E-state index in [2.05, 4.69) is 9.97 Å². The second-order valence-electron chi connectivity index (χ2n) is 6.94. The number of benzene rings is 2. The zero-order chi connectivity index (χ0) is 20.7. The predicted octanol–water partition coefficient (Wildman–Crippen LogP) is 4.58. The lowest BCUT2D eigenvalue weighted by atomic mass is 10.1. The summed E-state index contributed by atoms with van der Waals surface area (Å²) in [7, 11) is 1.48. The third kappa shape index (κ3) is 3.17. The van der Waals surface area contributed by atoms with E-state index in [0.29, 0.717) is 12.0 Å². The number of nitrogens with zero attached hydrogens (tertiary/aromatic N) is 3. The van der Waals surface area contributed by atoms with Crippen LogP contribution in [0.15, 0.2) is 60.8 Å². The Hall–Kier alpha value is -2.81. The summed E-state index contributed by atoms with van der Waals surface area (Å²) < 4.78 is 7.27. The second kappa shape index (κ2) is 7.46. The van der Waals surface area contributed by atoms with E-state index in [0.717, 1.165) is 42.8 Å². The number of ether oxygens (including phenoxy) is 1. The number of aromatic nitrogens is 2. The van der Waals surface area contributed by atoms with Crippen LogP contribution < -0.4 is 0 Å². The molecule has 1 aliphatic heterocycles. The molecule has 0 aliphatic carbocycles. The molecular weight excluding hydrogens is 418 g/mol. The summed E-state index contributed by atoms with van der Waals surface area (Å²) in [4.78, 5) is 34.2. The molecule has 2 aromatic heterocycles. The van der Waals surface area contributed by atoms with E-state index in [-0.39, 0.29) is 17.8 Å². The normalized spacial score (nSPS) is 19.3. The number of likely N-dealkylation sites (N-methyl/N-ethyl adjacent to an activating group) is 1. The van der Waals surface area contributed by atoms with E-state index < -0.39 is 4.93 Å². The van der Waals surface area contributed by atoms with Gasteiger partial charge in [-0.1, -0.05) is 30.3 Å². The Morgan fingerprint density at radius 2 is 1.83 bits per heavy atom. The van der Waals surface area contributed by atoms with Crippen LogP contribution in [0.25, 0.3) is 21.1 Å². The Balaban J connectivity index is 1.45. The molecule has 0 saturated carbocycles. The second-order valence-corrected chi connectivity index (χ2v) is 9.18. The SMILES string of the molecule is CN1C(=O)SC(OCCc2nc3ccccc3s2)(c2cnc3ccccc3c2)C1=O. The number of amides is 2. The van der Waals surface area contributed by atoms with Crippen molar-refractivity contribution in [3.05, 3.63) is 71.4 Å². The summed E-state index contributed by atoms with van der Waals surface area (Å²) in [6, 6.07) is 17.5. The first kappa shape index (κ1) is 19.2. The van der Waals surface area contributed by atoms with Crippen molar-refractivity contribution < 1.29 is 14.3 Å². The van der Waals surface area contributed by atoms with Gasteiger partial charge in [-0.3, -0.25) is 19.5 Å². The van der Waals surface area contributed by atoms with Crippen molar-refractivity contribution in [3.63, 3.8) is 0 Å². The number of hydrogen-bond donors (Lipinski definition) is 0. The molecule has 0 bridgehead atoms. The third-order valence-electron chi connectivity index (χ3n) is 5.02. The quantitative estimate of drug-likeness (QED) is 0.457. The number of para-hydroxylation sites is 2. The zero-order valence-corrected chi connectivity index (χ0v) is 17.7. The Morgan fingerprint density at radius 3 is 2.60 bits per heavy atom. The standard InChI is InChI=1S/C22H17N3O3S2/c1-25-20(26)22(30-21(25)27,15-12-14-6-2-3-7-16(14)23-13-15)28-11-10-19-24-17-8-4-5-9-18(17)29-19/h2-9,12-13H,10-11H2,1H3. The fourth-order valence-corrected chi connectivity index (χ4v) is 5.47. The number of fused-ring (bicyclic) bond motifs is 2. The fraction of sp³-hybridized carbons (Fsp3) is 0.182. The first-order chi connectivity index (χ1) is 14.6. The molecule has 150 valence electrons. The number of carbonyl (C=O) groups is 2. The lowest BCUT2D eigenvalue weighted by Crippen LogP contribution is -2.38. The molecule has 1 atom stereocenters. The van der Waals surface area contributed by atoms with Gasteiger partial charge >= 0.3 is 0 Å². The molecule has 0 spiro atoms. The lowest BCUT2D eigenvalue weighted by Gasteiger charge is -2.25. The van der Waals surface area contributed by atoms with Gasteiger partial charge in [0, 0.05) is 30.6 Å². The molecule has 6 nitrogen and oxygen atoms in total. The van der Waals surface area contributed by atoms with Crippen LogP contribution in [0.4, 0.5) is 4.79 Å². The maximum absolute atomic E-state index is 13.1. The van der Waals surface area contributed by atoms with Gasteiger partial charge in [0.05, 0.1) is 27.3 Å². The number of thioether (sulfide) groups is 1. The van der Waals surface area contributed by atoms with Crippen molar-refractivity contribution in [3.8, 4) is 0 Å². The van der Waals surface area contributed by atoms with Crippen molar-refractivity contribution in [2.45, 2.75) is 11.4 Å². The van der Waals surface area contributed by atoms with Gasteiger partial charge in [0.1, 0.15) is 0 Å². The molecule has 8 heteroatoms. The molecule has 4 aromatic rings. The molecule has 2 aromatic carbocycles. The first-order valence-electron chi connectivity index (χ1n) is 9.42. The molecular formula is C22H17N3O3S2. The highest BCUT2D eigenvalue weighted by molar-refractivity contribution is 8.15. The van der Waals surface area contributed by atoms with Gasteiger partial charge in [-0.05, 0) is 36.0 Å². The van der Waals surface area contributed by atoms with Crippen LogP contribution in [0.3, 0.4) is 0 Å². The van der Waals surface area contributed by atoms with E-state index in [1.54, 1.807) is 17.5 Å².